The van der Waals surface area contributed by atoms with E-state index in [0.717, 1.165) is 11.3 Å². The van der Waals surface area contributed by atoms with Gasteiger partial charge in [0.2, 0.25) is 0 Å². The molecule has 1 aromatic carbocycles. The lowest BCUT2D eigenvalue weighted by Gasteiger charge is -2.06. The third-order valence-electron chi connectivity index (χ3n) is 1.93. The second-order valence-corrected chi connectivity index (χ2v) is 3.06. The fourth-order valence-corrected chi connectivity index (χ4v) is 1.14. The topological polar surface area (TPSA) is 64.3 Å². The number of benzene rings is 1. The number of rotatable bonds is 5. The molecule has 4 heteroatoms. The highest BCUT2D eigenvalue weighted by atomic mass is 16.5. The van der Waals surface area contributed by atoms with Crippen LogP contribution in [0.1, 0.15) is 12.5 Å². The van der Waals surface area contributed by atoms with E-state index >= 15 is 0 Å². The number of ether oxygens (including phenoxy) is 1. The Kier molecular flexibility index (Phi) is 4.63. The van der Waals surface area contributed by atoms with Crippen LogP contribution in [0.4, 0.5) is 5.69 Å². The predicted molar refractivity (Wildman–Crippen MR) is 59.5 cm³/mol. The Bertz CT molecular complexity index is 309. The van der Waals surface area contributed by atoms with E-state index in [1.54, 1.807) is 6.92 Å². The van der Waals surface area contributed by atoms with Crippen molar-refractivity contribution in [2.45, 2.75) is 13.5 Å². The van der Waals surface area contributed by atoms with E-state index < -0.39 is 0 Å². The van der Waals surface area contributed by atoms with E-state index in [1.165, 1.54) is 0 Å². The van der Waals surface area contributed by atoms with Crippen LogP contribution in [0.2, 0.25) is 0 Å². The standard InChI is InChI=1S/C11H16N2O2/c1-2-15-11(14)8-13-10-5-3-9(7-12)4-6-10/h3-6,13H,2,7-8,12H2,1H3. The van der Waals surface area contributed by atoms with Crippen molar-refractivity contribution in [3.8, 4) is 0 Å². The third-order valence-corrected chi connectivity index (χ3v) is 1.93. The first kappa shape index (κ1) is 11.5. The summed E-state index contributed by atoms with van der Waals surface area (Å²) in [6, 6.07) is 7.63. The summed E-state index contributed by atoms with van der Waals surface area (Å²) in [6.07, 6.45) is 0. The van der Waals surface area contributed by atoms with Crippen LogP contribution in [-0.4, -0.2) is 19.1 Å². The molecule has 0 bridgehead atoms. The van der Waals surface area contributed by atoms with Crippen molar-refractivity contribution in [3.05, 3.63) is 29.8 Å². The molecule has 0 spiro atoms. The van der Waals surface area contributed by atoms with Crippen molar-refractivity contribution < 1.29 is 9.53 Å². The number of anilines is 1. The Labute approximate surface area is 89.4 Å². The smallest absolute Gasteiger partial charge is 0.325 e. The molecule has 0 heterocycles. The van der Waals surface area contributed by atoms with Gasteiger partial charge < -0.3 is 15.8 Å². The minimum absolute atomic E-state index is 0.190. The van der Waals surface area contributed by atoms with Crippen LogP contribution in [0, 0.1) is 0 Å². The van der Waals surface area contributed by atoms with Crippen molar-refractivity contribution in [2.75, 3.05) is 18.5 Å². The van der Waals surface area contributed by atoms with Gasteiger partial charge in [0.05, 0.1) is 6.61 Å². The highest BCUT2D eigenvalue weighted by molar-refractivity contribution is 5.74. The molecular formula is C11H16N2O2. The van der Waals surface area contributed by atoms with Gasteiger partial charge in [-0.15, -0.1) is 0 Å². The van der Waals surface area contributed by atoms with Crippen molar-refractivity contribution in [3.63, 3.8) is 0 Å². The minimum Gasteiger partial charge on any atom is -0.465 e. The summed E-state index contributed by atoms with van der Waals surface area (Å²) in [7, 11) is 0. The third kappa shape index (κ3) is 3.99. The monoisotopic (exact) mass is 208 g/mol. The van der Waals surface area contributed by atoms with Gasteiger partial charge in [-0.2, -0.15) is 0 Å². The van der Waals surface area contributed by atoms with Crippen LogP contribution in [0.5, 0.6) is 0 Å². The number of hydrogen-bond acceptors (Lipinski definition) is 4. The average Bonchev–Trinajstić information content (AvgIpc) is 2.27. The van der Waals surface area contributed by atoms with Crippen LogP contribution in [0.25, 0.3) is 0 Å². The Morgan fingerprint density at radius 1 is 1.40 bits per heavy atom. The number of nitrogens with one attached hydrogen (secondary N) is 1. The molecule has 0 saturated carbocycles. The highest BCUT2D eigenvalue weighted by Crippen LogP contribution is 2.08. The molecule has 0 aliphatic heterocycles. The number of esters is 1. The lowest BCUT2D eigenvalue weighted by molar-refractivity contribution is -0.140. The van der Waals surface area contributed by atoms with Crippen molar-refractivity contribution in [1.29, 1.82) is 0 Å². The van der Waals surface area contributed by atoms with Gasteiger partial charge in [0.1, 0.15) is 6.54 Å². The summed E-state index contributed by atoms with van der Waals surface area (Å²) in [5, 5.41) is 2.97. The van der Waals surface area contributed by atoms with E-state index in [9.17, 15) is 4.79 Å². The average molecular weight is 208 g/mol. The Morgan fingerprint density at radius 3 is 2.60 bits per heavy atom. The zero-order valence-corrected chi connectivity index (χ0v) is 8.82. The molecular weight excluding hydrogens is 192 g/mol. The van der Waals surface area contributed by atoms with E-state index in [1.807, 2.05) is 24.3 Å². The van der Waals surface area contributed by atoms with Crippen molar-refractivity contribution >= 4 is 11.7 Å². The maximum absolute atomic E-state index is 11.0. The predicted octanol–water partition coefficient (Wildman–Crippen LogP) is 1.12. The van der Waals surface area contributed by atoms with Crippen LogP contribution in [0.3, 0.4) is 0 Å². The summed E-state index contributed by atoms with van der Waals surface area (Å²) in [5.74, 6) is -0.250. The summed E-state index contributed by atoms with van der Waals surface area (Å²) < 4.78 is 4.79. The lowest BCUT2D eigenvalue weighted by atomic mass is 10.2. The van der Waals surface area contributed by atoms with Crippen LogP contribution in [0.15, 0.2) is 24.3 Å². The van der Waals surface area contributed by atoms with Gasteiger partial charge in [-0.25, -0.2) is 0 Å². The van der Waals surface area contributed by atoms with Gasteiger partial charge in [0.25, 0.3) is 0 Å². The van der Waals surface area contributed by atoms with Gasteiger partial charge in [-0.3, -0.25) is 4.79 Å². The normalized spacial score (nSPS) is 9.73. The second-order valence-electron chi connectivity index (χ2n) is 3.06. The summed E-state index contributed by atoms with van der Waals surface area (Å²) in [5.41, 5.74) is 7.42. The highest BCUT2D eigenvalue weighted by Gasteiger charge is 2.00. The van der Waals surface area contributed by atoms with Gasteiger partial charge in [-0.05, 0) is 24.6 Å². The molecule has 0 saturated heterocycles. The fraction of sp³-hybridized carbons (Fsp3) is 0.364. The molecule has 0 fully saturated rings. The maximum atomic E-state index is 11.0. The Morgan fingerprint density at radius 2 is 2.07 bits per heavy atom. The number of carbonyl (C=O) groups excluding carboxylic acids is 1. The van der Waals surface area contributed by atoms with Gasteiger partial charge in [0.15, 0.2) is 0 Å². The summed E-state index contributed by atoms with van der Waals surface area (Å²) >= 11 is 0. The molecule has 4 nitrogen and oxygen atoms in total. The number of hydrogen-bond donors (Lipinski definition) is 2. The molecule has 0 unspecified atom stereocenters. The number of nitrogens with two attached hydrogens (primary N) is 1. The van der Waals surface area contributed by atoms with Crippen LogP contribution >= 0.6 is 0 Å². The largest absolute Gasteiger partial charge is 0.465 e. The zero-order valence-electron chi connectivity index (χ0n) is 8.82. The summed E-state index contributed by atoms with van der Waals surface area (Å²) in [6.45, 7) is 2.91. The van der Waals surface area contributed by atoms with Gasteiger partial charge in [-0.1, -0.05) is 12.1 Å². The zero-order chi connectivity index (χ0) is 11.1. The molecule has 1 rings (SSSR count). The summed E-state index contributed by atoms with van der Waals surface area (Å²) in [4.78, 5) is 11.0. The molecule has 1 aromatic rings. The Balaban J connectivity index is 2.40. The van der Waals surface area contributed by atoms with Crippen molar-refractivity contribution in [2.24, 2.45) is 5.73 Å². The van der Waals surface area contributed by atoms with E-state index in [4.69, 9.17) is 10.5 Å². The molecule has 15 heavy (non-hydrogen) atoms. The van der Waals surface area contributed by atoms with E-state index in [0.29, 0.717) is 13.2 Å². The second kappa shape index (κ2) is 6.03. The molecule has 3 N–H and O–H groups in total. The molecule has 82 valence electrons. The molecule has 0 aliphatic rings. The van der Waals surface area contributed by atoms with E-state index in [2.05, 4.69) is 5.32 Å². The van der Waals surface area contributed by atoms with Crippen LogP contribution in [-0.2, 0) is 16.1 Å². The Hall–Kier alpha value is -1.55. The first-order valence-corrected chi connectivity index (χ1v) is 4.94. The molecule has 0 aromatic heterocycles. The molecule has 0 aliphatic carbocycles. The first-order chi connectivity index (χ1) is 7.26. The minimum atomic E-state index is -0.250. The molecule has 0 amide bonds. The lowest BCUT2D eigenvalue weighted by Crippen LogP contribution is -2.16. The fourth-order valence-electron chi connectivity index (χ4n) is 1.14. The first-order valence-electron chi connectivity index (χ1n) is 4.94. The number of carbonyl (C=O) groups is 1. The quantitative estimate of drug-likeness (QED) is 0.712. The van der Waals surface area contributed by atoms with Gasteiger partial charge >= 0.3 is 5.97 Å². The molecule has 0 atom stereocenters. The SMILES string of the molecule is CCOC(=O)CNc1ccc(CN)cc1. The van der Waals surface area contributed by atoms with E-state index in [-0.39, 0.29) is 12.5 Å². The van der Waals surface area contributed by atoms with Crippen LogP contribution < -0.4 is 11.1 Å². The molecule has 0 radical (unpaired) electrons. The van der Waals surface area contributed by atoms with Crippen molar-refractivity contribution in [1.82, 2.24) is 0 Å². The maximum Gasteiger partial charge on any atom is 0.325 e. The van der Waals surface area contributed by atoms with Gasteiger partial charge in [0, 0.05) is 12.2 Å².